The van der Waals surface area contributed by atoms with Gasteiger partial charge in [-0.05, 0) is 58.0 Å². The number of likely N-dealkylation sites (tertiary alicyclic amines) is 1. The lowest BCUT2D eigenvalue weighted by molar-refractivity contribution is -0.0635. The predicted molar refractivity (Wildman–Crippen MR) is 105 cm³/mol. The van der Waals surface area contributed by atoms with E-state index in [1.54, 1.807) is 11.3 Å². The van der Waals surface area contributed by atoms with Gasteiger partial charge in [0, 0.05) is 41.3 Å². The molecule has 2 heterocycles. The van der Waals surface area contributed by atoms with Gasteiger partial charge in [-0.1, -0.05) is 19.2 Å². The lowest BCUT2D eigenvalue weighted by atomic mass is 9.57. The van der Waals surface area contributed by atoms with Gasteiger partial charge in [-0.3, -0.25) is 0 Å². The zero-order valence-electron chi connectivity index (χ0n) is 15.1. The van der Waals surface area contributed by atoms with Gasteiger partial charge in [0.15, 0.2) is 0 Å². The van der Waals surface area contributed by atoms with Crippen LogP contribution in [0.1, 0.15) is 17.7 Å². The molecule has 0 atom stereocenters. The highest BCUT2D eigenvalue weighted by atomic mass is 32.1. The first-order valence-electron chi connectivity index (χ1n) is 8.64. The van der Waals surface area contributed by atoms with Crippen molar-refractivity contribution >= 4 is 16.3 Å². The second-order valence-electron chi connectivity index (χ2n) is 7.68. The van der Waals surface area contributed by atoms with Crippen LogP contribution >= 0.6 is 11.3 Å². The molecule has 0 aromatic carbocycles. The molecule has 3 rings (SSSR count). The van der Waals surface area contributed by atoms with E-state index in [9.17, 15) is 0 Å². The average molecular weight is 344 g/mol. The fourth-order valence-corrected chi connectivity index (χ4v) is 4.52. The van der Waals surface area contributed by atoms with E-state index in [1.165, 1.54) is 28.4 Å². The molecule has 2 aliphatic rings. The lowest BCUT2D eigenvalue weighted by Crippen LogP contribution is -2.61. The van der Waals surface area contributed by atoms with Crippen LogP contribution in [0.4, 0.5) is 5.00 Å². The first kappa shape index (κ1) is 17.3. The quantitative estimate of drug-likeness (QED) is 0.744. The van der Waals surface area contributed by atoms with E-state index in [4.69, 9.17) is 0 Å². The molecule has 130 valence electrons. The van der Waals surface area contributed by atoms with Crippen LogP contribution in [-0.2, 0) is 0 Å². The van der Waals surface area contributed by atoms with E-state index in [0.29, 0.717) is 11.3 Å². The van der Waals surface area contributed by atoms with Crippen molar-refractivity contribution in [3.63, 3.8) is 0 Å². The molecule has 24 heavy (non-hydrogen) atoms. The maximum Gasteiger partial charge on any atom is 0.0926 e. The summed E-state index contributed by atoms with van der Waals surface area (Å²) in [7, 11) is 4.16. The van der Waals surface area contributed by atoms with E-state index in [1.807, 2.05) is 0 Å². The highest BCUT2D eigenvalue weighted by molar-refractivity contribution is 7.16. The van der Waals surface area contributed by atoms with Crippen molar-refractivity contribution < 1.29 is 0 Å². The van der Waals surface area contributed by atoms with Crippen molar-refractivity contribution in [3.8, 4) is 0 Å². The first-order valence-corrected chi connectivity index (χ1v) is 9.46. The number of aryl methyl sites for hydroxylation is 1. The van der Waals surface area contributed by atoms with Crippen LogP contribution in [0.5, 0.6) is 0 Å². The van der Waals surface area contributed by atoms with Gasteiger partial charge < -0.3 is 15.1 Å². The summed E-state index contributed by atoms with van der Waals surface area (Å²) in [5, 5.41) is 4.72. The summed E-state index contributed by atoms with van der Waals surface area (Å²) < 4.78 is 0. The van der Waals surface area contributed by atoms with E-state index in [0.717, 1.165) is 25.3 Å². The second-order valence-corrected chi connectivity index (χ2v) is 8.97. The Balaban J connectivity index is 1.40. The molecule has 1 aliphatic carbocycles. The highest BCUT2D eigenvalue weighted by Crippen LogP contribution is 2.54. The fourth-order valence-electron chi connectivity index (χ4n) is 3.72. The van der Waals surface area contributed by atoms with E-state index in [2.05, 4.69) is 73.6 Å². The minimum Gasteiger partial charge on any atom is -0.371 e. The summed E-state index contributed by atoms with van der Waals surface area (Å²) in [4.78, 5) is 5.90. The molecule has 4 heteroatoms. The van der Waals surface area contributed by atoms with E-state index < -0.39 is 0 Å². The molecule has 2 fully saturated rings. The summed E-state index contributed by atoms with van der Waals surface area (Å²) in [6.45, 7) is 13.9. The minimum absolute atomic E-state index is 0.513. The van der Waals surface area contributed by atoms with E-state index >= 15 is 0 Å². The van der Waals surface area contributed by atoms with Gasteiger partial charge >= 0.3 is 0 Å². The molecule has 1 saturated carbocycles. The molecule has 1 aromatic rings. The van der Waals surface area contributed by atoms with Crippen molar-refractivity contribution in [2.75, 3.05) is 39.0 Å². The topological polar surface area (TPSA) is 18.5 Å². The summed E-state index contributed by atoms with van der Waals surface area (Å²) >= 11 is 1.80. The SMILES string of the molecule is C=C(Nc1ccc(C)s1)C1CC2(C1)CN(C(=C)/C=C/CN(C)C)C2. The Morgan fingerprint density at radius 2 is 2.08 bits per heavy atom. The maximum absolute atomic E-state index is 4.26. The zero-order chi connectivity index (χ0) is 17.3. The molecule has 1 saturated heterocycles. The third kappa shape index (κ3) is 3.76. The lowest BCUT2D eigenvalue weighted by Gasteiger charge is -2.60. The van der Waals surface area contributed by atoms with Gasteiger partial charge in [0.05, 0.1) is 5.00 Å². The van der Waals surface area contributed by atoms with Crippen LogP contribution in [0.15, 0.2) is 48.8 Å². The zero-order valence-corrected chi connectivity index (χ0v) is 16.0. The minimum atomic E-state index is 0.513. The van der Waals surface area contributed by atoms with Gasteiger partial charge in [-0.25, -0.2) is 0 Å². The van der Waals surface area contributed by atoms with Crippen LogP contribution in [0, 0.1) is 18.3 Å². The molecule has 0 radical (unpaired) electrons. The van der Waals surface area contributed by atoms with Gasteiger partial charge in [-0.2, -0.15) is 0 Å². The number of thiophene rings is 1. The Kier molecular flexibility index (Phi) is 4.88. The normalized spacial score (nSPS) is 19.6. The number of hydrogen-bond donors (Lipinski definition) is 1. The number of nitrogens with zero attached hydrogens (tertiary/aromatic N) is 2. The van der Waals surface area contributed by atoms with Gasteiger partial charge in [0.2, 0.25) is 0 Å². The molecule has 3 nitrogen and oxygen atoms in total. The molecule has 0 amide bonds. The van der Waals surface area contributed by atoms with Gasteiger partial charge in [0.25, 0.3) is 0 Å². The van der Waals surface area contributed by atoms with Crippen LogP contribution in [0.3, 0.4) is 0 Å². The number of nitrogens with one attached hydrogen (secondary N) is 1. The Morgan fingerprint density at radius 1 is 1.38 bits per heavy atom. The number of hydrogen-bond acceptors (Lipinski definition) is 4. The average Bonchev–Trinajstić information content (AvgIpc) is 2.80. The summed E-state index contributed by atoms with van der Waals surface area (Å²) in [5.41, 5.74) is 2.85. The van der Waals surface area contributed by atoms with Crippen LogP contribution < -0.4 is 5.32 Å². The van der Waals surface area contributed by atoms with Crippen molar-refractivity contribution in [2.45, 2.75) is 19.8 Å². The van der Waals surface area contributed by atoms with Crippen molar-refractivity contribution in [2.24, 2.45) is 11.3 Å². The predicted octanol–water partition coefficient (Wildman–Crippen LogP) is 4.33. The number of likely N-dealkylation sites (N-methyl/N-ethyl adjacent to an activating group) is 1. The smallest absolute Gasteiger partial charge is 0.0926 e. The summed E-state index contributed by atoms with van der Waals surface area (Å²) in [6.07, 6.45) is 6.86. The van der Waals surface area contributed by atoms with Crippen molar-refractivity contribution in [3.05, 3.63) is 53.7 Å². The number of rotatable bonds is 7. The van der Waals surface area contributed by atoms with Crippen molar-refractivity contribution in [1.29, 1.82) is 0 Å². The molecule has 1 aliphatic heterocycles. The van der Waals surface area contributed by atoms with Crippen LogP contribution in [0.2, 0.25) is 0 Å². The standard InChI is InChI=1S/C20H29N3S/c1-15(7-6-10-22(4)5)23-13-20(14-23)11-18(12-20)17(3)21-19-9-8-16(2)24-19/h6-9,18,21H,1,3,10-14H2,2,4-5H3/b7-6+. The Hall–Kier alpha value is -1.52. The first-order chi connectivity index (χ1) is 11.4. The third-order valence-electron chi connectivity index (χ3n) is 5.12. The molecule has 1 aromatic heterocycles. The molecule has 1 N–H and O–H groups in total. The number of allylic oxidation sites excluding steroid dienone is 2. The molecular weight excluding hydrogens is 314 g/mol. The third-order valence-corrected chi connectivity index (χ3v) is 6.03. The Bertz CT molecular complexity index is 642. The monoisotopic (exact) mass is 343 g/mol. The Morgan fingerprint density at radius 3 is 2.67 bits per heavy atom. The van der Waals surface area contributed by atoms with E-state index in [-0.39, 0.29) is 0 Å². The highest BCUT2D eigenvalue weighted by Gasteiger charge is 2.52. The fraction of sp³-hybridized carbons (Fsp3) is 0.500. The van der Waals surface area contributed by atoms with Crippen LogP contribution in [0.25, 0.3) is 0 Å². The molecule has 1 spiro atoms. The molecule has 0 bridgehead atoms. The second kappa shape index (κ2) is 6.77. The number of anilines is 1. The summed E-state index contributed by atoms with van der Waals surface area (Å²) in [6, 6.07) is 4.30. The van der Waals surface area contributed by atoms with Gasteiger partial charge in [0.1, 0.15) is 0 Å². The molecule has 0 unspecified atom stereocenters. The summed E-state index contributed by atoms with van der Waals surface area (Å²) in [5.74, 6) is 0.618. The maximum atomic E-state index is 4.26. The largest absolute Gasteiger partial charge is 0.371 e. The van der Waals surface area contributed by atoms with Gasteiger partial charge in [-0.15, -0.1) is 11.3 Å². The molecular formula is C20H29N3S. The Labute approximate surface area is 150 Å². The van der Waals surface area contributed by atoms with Crippen LogP contribution in [-0.4, -0.2) is 43.5 Å². The van der Waals surface area contributed by atoms with Crippen molar-refractivity contribution in [1.82, 2.24) is 9.80 Å².